The number of anilines is 1. The average Bonchev–Trinajstić information content (AvgIpc) is 3.15. The predicted octanol–water partition coefficient (Wildman–Crippen LogP) is 3.86. The summed E-state index contributed by atoms with van der Waals surface area (Å²) in [5, 5.41) is 0. The molecule has 0 saturated heterocycles. The summed E-state index contributed by atoms with van der Waals surface area (Å²) in [6.45, 7) is 3.88. The first-order valence-corrected chi connectivity index (χ1v) is 7.78. The van der Waals surface area contributed by atoms with E-state index in [1.807, 2.05) is 12.3 Å². The van der Waals surface area contributed by atoms with Gasteiger partial charge in [-0.2, -0.15) is 0 Å². The van der Waals surface area contributed by atoms with E-state index in [2.05, 4.69) is 48.7 Å². The SMILES string of the molecule is COCCN(c1ncc(Br)cc1Br)C(C)C1CC1. The number of ether oxygens (including phenoxy) is 1. The number of aromatic nitrogens is 1. The first kappa shape index (κ1) is 14.3. The van der Waals surface area contributed by atoms with Crippen molar-refractivity contribution in [3.8, 4) is 0 Å². The van der Waals surface area contributed by atoms with E-state index in [1.54, 1.807) is 7.11 Å². The van der Waals surface area contributed by atoms with Crippen LogP contribution < -0.4 is 4.90 Å². The Kier molecular flexibility index (Phi) is 5.04. The van der Waals surface area contributed by atoms with Gasteiger partial charge < -0.3 is 9.64 Å². The van der Waals surface area contributed by atoms with Gasteiger partial charge in [-0.05, 0) is 63.6 Å². The number of hydrogen-bond donors (Lipinski definition) is 0. The number of pyridine rings is 1. The Bertz CT molecular complexity index is 410. The third-order valence-electron chi connectivity index (χ3n) is 3.39. The summed E-state index contributed by atoms with van der Waals surface area (Å²) in [6.07, 6.45) is 4.51. The highest BCUT2D eigenvalue weighted by atomic mass is 79.9. The fraction of sp³-hybridized carbons (Fsp3) is 0.615. The molecule has 0 aliphatic heterocycles. The molecule has 2 rings (SSSR count). The zero-order valence-electron chi connectivity index (χ0n) is 10.7. The maximum Gasteiger partial charge on any atom is 0.143 e. The Labute approximate surface area is 125 Å². The lowest BCUT2D eigenvalue weighted by Crippen LogP contribution is -2.38. The summed E-state index contributed by atoms with van der Waals surface area (Å²) in [5.41, 5.74) is 0. The molecule has 1 saturated carbocycles. The van der Waals surface area contributed by atoms with Gasteiger partial charge in [0.05, 0.1) is 11.1 Å². The molecule has 1 aliphatic rings. The van der Waals surface area contributed by atoms with Crippen molar-refractivity contribution in [3.63, 3.8) is 0 Å². The minimum atomic E-state index is 0.519. The summed E-state index contributed by atoms with van der Waals surface area (Å²) in [6, 6.07) is 2.56. The molecular formula is C13H18Br2N2O. The lowest BCUT2D eigenvalue weighted by atomic mass is 10.2. The van der Waals surface area contributed by atoms with Crippen LogP contribution in [-0.2, 0) is 4.74 Å². The average molecular weight is 378 g/mol. The molecular weight excluding hydrogens is 360 g/mol. The maximum absolute atomic E-state index is 5.21. The van der Waals surface area contributed by atoms with Crippen LogP contribution in [0.15, 0.2) is 21.2 Å². The minimum absolute atomic E-state index is 0.519. The Morgan fingerprint density at radius 2 is 2.22 bits per heavy atom. The van der Waals surface area contributed by atoms with Gasteiger partial charge in [0.1, 0.15) is 5.82 Å². The van der Waals surface area contributed by atoms with Crippen LogP contribution >= 0.6 is 31.9 Å². The Balaban J connectivity index is 2.20. The van der Waals surface area contributed by atoms with Gasteiger partial charge in [0, 0.05) is 30.4 Å². The lowest BCUT2D eigenvalue weighted by Gasteiger charge is -2.31. The maximum atomic E-state index is 5.21. The number of halogens is 2. The van der Waals surface area contributed by atoms with Crippen molar-refractivity contribution >= 4 is 37.7 Å². The summed E-state index contributed by atoms with van der Waals surface area (Å²) in [7, 11) is 1.74. The predicted molar refractivity (Wildman–Crippen MR) is 81.0 cm³/mol. The van der Waals surface area contributed by atoms with Gasteiger partial charge in [-0.25, -0.2) is 4.98 Å². The largest absolute Gasteiger partial charge is 0.383 e. The fourth-order valence-electron chi connectivity index (χ4n) is 2.14. The summed E-state index contributed by atoms with van der Waals surface area (Å²) in [4.78, 5) is 6.88. The molecule has 0 spiro atoms. The summed E-state index contributed by atoms with van der Waals surface area (Å²) in [5.74, 6) is 1.81. The minimum Gasteiger partial charge on any atom is -0.383 e. The molecule has 1 aliphatic carbocycles. The molecule has 0 amide bonds. The van der Waals surface area contributed by atoms with E-state index in [9.17, 15) is 0 Å². The van der Waals surface area contributed by atoms with Crippen LogP contribution in [0.1, 0.15) is 19.8 Å². The first-order chi connectivity index (χ1) is 8.63. The highest BCUT2D eigenvalue weighted by Gasteiger charge is 2.33. The van der Waals surface area contributed by atoms with E-state index in [4.69, 9.17) is 4.74 Å². The number of methoxy groups -OCH3 is 1. The second-order valence-electron chi connectivity index (χ2n) is 4.72. The molecule has 1 aromatic heterocycles. The topological polar surface area (TPSA) is 25.4 Å². The van der Waals surface area contributed by atoms with Crippen LogP contribution in [0.25, 0.3) is 0 Å². The Morgan fingerprint density at radius 3 is 2.78 bits per heavy atom. The molecule has 100 valence electrons. The van der Waals surface area contributed by atoms with Crippen LogP contribution in [0.3, 0.4) is 0 Å². The zero-order chi connectivity index (χ0) is 13.1. The van der Waals surface area contributed by atoms with Gasteiger partial charge in [-0.1, -0.05) is 0 Å². The van der Waals surface area contributed by atoms with Crippen LogP contribution in [0.4, 0.5) is 5.82 Å². The van der Waals surface area contributed by atoms with E-state index in [0.717, 1.165) is 33.8 Å². The standard InChI is InChI=1S/C13H18Br2N2O/c1-9(10-3-4-10)17(5-6-18-2)13-12(15)7-11(14)8-16-13/h7-10H,3-6H2,1-2H3. The van der Waals surface area contributed by atoms with Crippen molar-refractivity contribution < 1.29 is 4.74 Å². The number of rotatable bonds is 6. The smallest absolute Gasteiger partial charge is 0.143 e. The summed E-state index contributed by atoms with van der Waals surface area (Å²) >= 11 is 7.04. The highest BCUT2D eigenvalue weighted by molar-refractivity contribution is 9.11. The second kappa shape index (κ2) is 6.35. The van der Waals surface area contributed by atoms with Crippen molar-refractivity contribution in [1.29, 1.82) is 0 Å². The second-order valence-corrected chi connectivity index (χ2v) is 6.49. The molecule has 0 aromatic carbocycles. The van der Waals surface area contributed by atoms with Crippen molar-refractivity contribution in [2.75, 3.05) is 25.2 Å². The number of hydrogen-bond acceptors (Lipinski definition) is 3. The molecule has 18 heavy (non-hydrogen) atoms. The Hall–Kier alpha value is -0.130. The summed E-state index contributed by atoms with van der Waals surface area (Å²) < 4.78 is 7.23. The van der Waals surface area contributed by atoms with Crippen LogP contribution in [0, 0.1) is 5.92 Å². The molecule has 1 heterocycles. The van der Waals surface area contributed by atoms with Crippen molar-refractivity contribution in [2.45, 2.75) is 25.8 Å². The van der Waals surface area contributed by atoms with Gasteiger partial charge in [-0.15, -0.1) is 0 Å². The fourth-order valence-corrected chi connectivity index (χ4v) is 3.36. The molecule has 1 fully saturated rings. The molecule has 0 bridgehead atoms. The third kappa shape index (κ3) is 3.45. The molecule has 3 nitrogen and oxygen atoms in total. The van der Waals surface area contributed by atoms with Gasteiger partial charge in [0.2, 0.25) is 0 Å². The first-order valence-electron chi connectivity index (χ1n) is 6.20. The van der Waals surface area contributed by atoms with Gasteiger partial charge in [0.25, 0.3) is 0 Å². The van der Waals surface area contributed by atoms with Crippen LogP contribution in [-0.4, -0.2) is 31.3 Å². The van der Waals surface area contributed by atoms with E-state index >= 15 is 0 Å². The quantitative estimate of drug-likeness (QED) is 0.752. The lowest BCUT2D eigenvalue weighted by molar-refractivity contribution is 0.202. The third-order valence-corrected chi connectivity index (χ3v) is 4.41. The number of nitrogens with zero attached hydrogens (tertiary/aromatic N) is 2. The van der Waals surface area contributed by atoms with Crippen molar-refractivity contribution in [1.82, 2.24) is 4.98 Å². The van der Waals surface area contributed by atoms with E-state index in [0.29, 0.717) is 6.04 Å². The van der Waals surface area contributed by atoms with Crippen LogP contribution in [0.5, 0.6) is 0 Å². The van der Waals surface area contributed by atoms with E-state index in [-0.39, 0.29) is 0 Å². The molecule has 1 atom stereocenters. The van der Waals surface area contributed by atoms with Gasteiger partial charge in [-0.3, -0.25) is 0 Å². The van der Waals surface area contributed by atoms with Crippen molar-refractivity contribution in [2.24, 2.45) is 5.92 Å². The molecule has 0 N–H and O–H groups in total. The van der Waals surface area contributed by atoms with Crippen molar-refractivity contribution in [3.05, 3.63) is 21.2 Å². The molecule has 1 unspecified atom stereocenters. The van der Waals surface area contributed by atoms with Gasteiger partial charge >= 0.3 is 0 Å². The molecule has 0 radical (unpaired) electrons. The monoisotopic (exact) mass is 376 g/mol. The molecule has 5 heteroatoms. The van der Waals surface area contributed by atoms with Gasteiger partial charge in [0.15, 0.2) is 0 Å². The van der Waals surface area contributed by atoms with Crippen LogP contribution in [0.2, 0.25) is 0 Å². The molecule has 1 aromatic rings. The normalized spacial score (nSPS) is 16.7. The Morgan fingerprint density at radius 1 is 1.50 bits per heavy atom. The van der Waals surface area contributed by atoms with E-state index < -0.39 is 0 Å². The highest BCUT2D eigenvalue weighted by Crippen LogP contribution is 2.38. The van der Waals surface area contributed by atoms with E-state index in [1.165, 1.54) is 12.8 Å². The zero-order valence-corrected chi connectivity index (χ0v) is 13.9.